The van der Waals surface area contributed by atoms with Crippen LogP contribution in [-0.4, -0.2) is 6.61 Å². The van der Waals surface area contributed by atoms with Crippen molar-refractivity contribution in [1.29, 1.82) is 0 Å². The summed E-state index contributed by atoms with van der Waals surface area (Å²) in [6.45, 7) is 2.67. The van der Waals surface area contributed by atoms with Crippen molar-refractivity contribution >= 4 is 11.6 Å². The minimum atomic E-state index is 0.693. The maximum atomic E-state index is 6.11. The predicted octanol–water partition coefficient (Wildman–Crippen LogP) is 4.13. The Labute approximate surface area is 107 Å². The van der Waals surface area contributed by atoms with Crippen LogP contribution in [0.25, 0.3) is 0 Å². The van der Waals surface area contributed by atoms with E-state index in [9.17, 15) is 0 Å². The molecule has 0 bridgehead atoms. The van der Waals surface area contributed by atoms with Crippen molar-refractivity contribution in [3.8, 4) is 5.75 Å². The summed E-state index contributed by atoms with van der Waals surface area (Å²) in [5.74, 6) is 0.905. The molecule has 2 heteroatoms. The SMILES string of the molecule is CCOc1ccc(Cc2c[c]ccc2Cl)cc1. The van der Waals surface area contributed by atoms with E-state index in [1.54, 1.807) is 0 Å². The van der Waals surface area contributed by atoms with Crippen LogP contribution in [0.15, 0.2) is 42.5 Å². The summed E-state index contributed by atoms with van der Waals surface area (Å²) in [6, 6.07) is 16.8. The number of benzene rings is 2. The van der Waals surface area contributed by atoms with Gasteiger partial charge in [0.05, 0.1) is 6.61 Å². The van der Waals surface area contributed by atoms with E-state index in [4.69, 9.17) is 16.3 Å². The zero-order valence-corrected chi connectivity index (χ0v) is 10.5. The summed E-state index contributed by atoms with van der Waals surface area (Å²) in [5.41, 5.74) is 2.31. The third-order valence-electron chi connectivity index (χ3n) is 2.52. The Bertz CT molecular complexity index is 477. The molecule has 87 valence electrons. The first-order chi connectivity index (χ1) is 8.29. The van der Waals surface area contributed by atoms with Crippen LogP contribution in [0.5, 0.6) is 5.75 Å². The third kappa shape index (κ3) is 3.24. The zero-order valence-electron chi connectivity index (χ0n) is 9.74. The molecular weight excluding hydrogens is 232 g/mol. The molecule has 1 nitrogen and oxygen atoms in total. The first-order valence-electron chi connectivity index (χ1n) is 5.66. The van der Waals surface area contributed by atoms with Crippen molar-refractivity contribution in [1.82, 2.24) is 0 Å². The van der Waals surface area contributed by atoms with Gasteiger partial charge in [0.1, 0.15) is 5.75 Å². The lowest BCUT2D eigenvalue weighted by Crippen LogP contribution is -1.93. The smallest absolute Gasteiger partial charge is 0.119 e. The van der Waals surface area contributed by atoms with Crippen molar-refractivity contribution in [2.75, 3.05) is 6.61 Å². The molecule has 0 aliphatic rings. The fourth-order valence-electron chi connectivity index (χ4n) is 1.67. The average Bonchev–Trinajstić information content (AvgIpc) is 2.35. The van der Waals surface area contributed by atoms with Crippen LogP contribution in [0.1, 0.15) is 18.1 Å². The lowest BCUT2D eigenvalue weighted by molar-refractivity contribution is 0.340. The van der Waals surface area contributed by atoms with E-state index in [-0.39, 0.29) is 0 Å². The molecule has 2 aromatic carbocycles. The van der Waals surface area contributed by atoms with Crippen LogP contribution < -0.4 is 4.74 Å². The van der Waals surface area contributed by atoms with Crippen LogP contribution in [-0.2, 0) is 6.42 Å². The summed E-state index contributed by atoms with van der Waals surface area (Å²) in [4.78, 5) is 0. The first kappa shape index (κ1) is 12.0. The Morgan fingerprint density at radius 2 is 1.94 bits per heavy atom. The highest BCUT2D eigenvalue weighted by molar-refractivity contribution is 6.31. The number of hydrogen-bond acceptors (Lipinski definition) is 1. The highest BCUT2D eigenvalue weighted by Crippen LogP contribution is 2.20. The summed E-state index contributed by atoms with van der Waals surface area (Å²) in [6.07, 6.45) is 0.822. The monoisotopic (exact) mass is 245 g/mol. The summed E-state index contributed by atoms with van der Waals surface area (Å²) >= 11 is 6.11. The Balaban J connectivity index is 2.11. The van der Waals surface area contributed by atoms with Gasteiger partial charge in [-0.1, -0.05) is 29.8 Å². The molecule has 0 heterocycles. The number of halogens is 1. The molecule has 2 aromatic rings. The van der Waals surface area contributed by atoms with Gasteiger partial charge in [0.15, 0.2) is 0 Å². The summed E-state index contributed by atoms with van der Waals surface area (Å²) in [5, 5.41) is 0.789. The van der Waals surface area contributed by atoms with Crippen LogP contribution in [0, 0.1) is 6.07 Å². The number of ether oxygens (including phenoxy) is 1. The van der Waals surface area contributed by atoms with Crippen LogP contribution in [0.4, 0.5) is 0 Å². The molecule has 0 amide bonds. The Kier molecular flexibility index (Phi) is 4.05. The van der Waals surface area contributed by atoms with Gasteiger partial charge in [-0.3, -0.25) is 0 Å². The minimum absolute atomic E-state index is 0.693. The van der Waals surface area contributed by atoms with E-state index in [1.165, 1.54) is 5.56 Å². The normalized spacial score (nSPS) is 10.2. The molecule has 1 radical (unpaired) electrons. The lowest BCUT2D eigenvalue weighted by atomic mass is 10.1. The van der Waals surface area contributed by atoms with Gasteiger partial charge in [0.2, 0.25) is 0 Å². The van der Waals surface area contributed by atoms with Gasteiger partial charge in [0, 0.05) is 5.02 Å². The minimum Gasteiger partial charge on any atom is -0.494 e. The topological polar surface area (TPSA) is 9.23 Å². The zero-order chi connectivity index (χ0) is 12.1. The number of hydrogen-bond donors (Lipinski definition) is 0. The summed E-state index contributed by atoms with van der Waals surface area (Å²) in [7, 11) is 0. The molecule has 0 fully saturated rings. The molecule has 0 aliphatic heterocycles. The van der Waals surface area contributed by atoms with Crippen LogP contribution >= 0.6 is 11.6 Å². The predicted molar refractivity (Wildman–Crippen MR) is 70.7 cm³/mol. The molecule has 0 saturated carbocycles. The van der Waals surface area contributed by atoms with Gasteiger partial charge in [0.25, 0.3) is 0 Å². The standard InChI is InChI=1S/C15H14ClO/c1-2-17-14-9-7-12(8-10-14)11-13-5-3-4-6-15(13)16/h4-10H,2,11H2,1H3. The highest BCUT2D eigenvalue weighted by atomic mass is 35.5. The van der Waals surface area contributed by atoms with Crippen molar-refractivity contribution < 1.29 is 4.74 Å². The fourth-order valence-corrected chi connectivity index (χ4v) is 1.86. The molecule has 0 N–H and O–H groups in total. The molecule has 0 spiro atoms. The van der Waals surface area contributed by atoms with E-state index < -0.39 is 0 Å². The third-order valence-corrected chi connectivity index (χ3v) is 2.89. The van der Waals surface area contributed by atoms with E-state index in [1.807, 2.05) is 37.3 Å². The van der Waals surface area contributed by atoms with Gasteiger partial charge >= 0.3 is 0 Å². The Hall–Kier alpha value is -1.47. The molecule has 0 unspecified atom stereocenters. The second-order valence-electron chi connectivity index (χ2n) is 3.77. The van der Waals surface area contributed by atoms with Gasteiger partial charge in [-0.05, 0) is 54.8 Å². The van der Waals surface area contributed by atoms with Crippen molar-refractivity contribution in [3.05, 3.63) is 64.7 Å². The second kappa shape index (κ2) is 5.74. The molecule has 2 rings (SSSR count). The Morgan fingerprint density at radius 1 is 1.18 bits per heavy atom. The Morgan fingerprint density at radius 3 is 2.59 bits per heavy atom. The van der Waals surface area contributed by atoms with E-state index in [0.717, 1.165) is 22.8 Å². The largest absolute Gasteiger partial charge is 0.494 e. The van der Waals surface area contributed by atoms with Crippen molar-refractivity contribution in [3.63, 3.8) is 0 Å². The van der Waals surface area contributed by atoms with Crippen LogP contribution in [0.3, 0.4) is 0 Å². The van der Waals surface area contributed by atoms with E-state index in [2.05, 4.69) is 18.2 Å². The van der Waals surface area contributed by atoms with E-state index in [0.29, 0.717) is 6.61 Å². The van der Waals surface area contributed by atoms with Gasteiger partial charge in [-0.2, -0.15) is 0 Å². The fraction of sp³-hybridized carbons (Fsp3) is 0.200. The van der Waals surface area contributed by atoms with Crippen LogP contribution in [0.2, 0.25) is 5.02 Å². The molecule has 0 atom stereocenters. The average molecular weight is 246 g/mol. The lowest BCUT2D eigenvalue weighted by Gasteiger charge is -2.06. The van der Waals surface area contributed by atoms with Gasteiger partial charge in [-0.15, -0.1) is 0 Å². The quantitative estimate of drug-likeness (QED) is 0.787. The molecule has 17 heavy (non-hydrogen) atoms. The maximum absolute atomic E-state index is 6.11. The maximum Gasteiger partial charge on any atom is 0.119 e. The van der Waals surface area contributed by atoms with Gasteiger partial charge < -0.3 is 4.74 Å². The highest BCUT2D eigenvalue weighted by Gasteiger charge is 2.01. The second-order valence-corrected chi connectivity index (χ2v) is 4.18. The molecular formula is C15H14ClO. The van der Waals surface area contributed by atoms with E-state index >= 15 is 0 Å². The van der Waals surface area contributed by atoms with Crippen molar-refractivity contribution in [2.45, 2.75) is 13.3 Å². The van der Waals surface area contributed by atoms with Gasteiger partial charge in [-0.25, -0.2) is 0 Å². The first-order valence-corrected chi connectivity index (χ1v) is 6.03. The van der Waals surface area contributed by atoms with Crippen molar-refractivity contribution in [2.24, 2.45) is 0 Å². The molecule has 0 aliphatic carbocycles. The summed E-state index contributed by atoms with van der Waals surface area (Å²) < 4.78 is 5.40. The molecule has 0 aromatic heterocycles. The number of rotatable bonds is 4. The molecule has 0 saturated heterocycles.